The first-order valence-electron chi connectivity index (χ1n) is 10.6. The van der Waals surface area contributed by atoms with Crippen LogP contribution in [-0.4, -0.2) is 43.6 Å². The molecule has 2 heterocycles. The van der Waals surface area contributed by atoms with Gasteiger partial charge in [-0.15, -0.1) is 0 Å². The fraction of sp³-hybridized carbons (Fsp3) is 0.333. The highest BCUT2D eigenvalue weighted by Gasteiger charge is 2.26. The Morgan fingerprint density at radius 3 is 2.41 bits per heavy atom. The second-order valence-electron chi connectivity index (χ2n) is 7.87. The quantitative estimate of drug-likeness (QED) is 0.612. The first kappa shape index (κ1) is 19.6. The molecule has 2 aromatic carbocycles. The number of aromatic nitrogens is 1. The van der Waals surface area contributed by atoms with Crippen molar-refractivity contribution < 1.29 is 14.6 Å². The van der Waals surface area contributed by atoms with E-state index < -0.39 is 0 Å². The fourth-order valence-corrected chi connectivity index (χ4v) is 4.32. The van der Waals surface area contributed by atoms with Crippen LogP contribution in [0.25, 0.3) is 10.9 Å². The van der Waals surface area contributed by atoms with Crippen LogP contribution >= 0.6 is 0 Å². The van der Waals surface area contributed by atoms with Gasteiger partial charge in [0, 0.05) is 11.1 Å². The van der Waals surface area contributed by atoms with Gasteiger partial charge >= 0.3 is 0 Å². The number of carbonyl (C=O) groups is 1. The summed E-state index contributed by atoms with van der Waals surface area (Å²) in [5.74, 6) is 0.0877. The summed E-state index contributed by atoms with van der Waals surface area (Å²) in [6.45, 7) is 8.81. The number of hydrogen-bond acceptors (Lipinski definition) is 2. The average Bonchev–Trinajstić information content (AvgIpc) is 2.76. The van der Waals surface area contributed by atoms with Crippen molar-refractivity contribution in [3.05, 3.63) is 65.9 Å². The topological polar surface area (TPSA) is 50.9 Å². The number of amides is 1. The van der Waals surface area contributed by atoms with Crippen LogP contribution in [0.5, 0.6) is 0 Å². The molecule has 1 saturated heterocycles. The maximum atomic E-state index is 12.9. The molecule has 0 unspecified atom stereocenters. The average molecular weight is 391 g/mol. The highest BCUT2D eigenvalue weighted by atomic mass is 16.2. The zero-order chi connectivity index (χ0) is 20.2. The lowest BCUT2D eigenvalue weighted by atomic mass is 10.1. The number of fused-ring (bicyclic) bond motifs is 1. The van der Waals surface area contributed by atoms with Crippen molar-refractivity contribution in [3.8, 4) is 0 Å². The Morgan fingerprint density at radius 2 is 1.69 bits per heavy atom. The number of carbonyl (C=O) groups excluding carboxylic acids is 1. The number of piperazine rings is 1. The summed E-state index contributed by atoms with van der Waals surface area (Å²) in [5, 5.41) is 4.23. The largest absolute Gasteiger partial charge is 0.320 e. The molecule has 0 aliphatic carbocycles. The summed E-state index contributed by atoms with van der Waals surface area (Å²) < 4.78 is 0. The van der Waals surface area contributed by atoms with Gasteiger partial charge in [-0.2, -0.15) is 0 Å². The number of para-hydroxylation sites is 2. The smallest absolute Gasteiger partial charge is 0.279 e. The summed E-state index contributed by atoms with van der Waals surface area (Å²) >= 11 is 0. The highest BCUT2D eigenvalue weighted by Crippen LogP contribution is 2.28. The van der Waals surface area contributed by atoms with Gasteiger partial charge < -0.3 is 10.2 Å². The molecule has 0 bridgehead atoms. The fourth-order valence-electron chi connectivity index (χ4n) is 4.32. The molecule has 5 heteroatoms. The van der Waals surface area contributed by atoms with Gasteiger partial charge in [0.25, 0.3) is 5.91 Å². The highest BCUT2D eigenvalue weighted by molar-refractivity contribution is 6.02. The number of anilines is 1. The van der Waals surface area contributed by atoms with Crippen molar-refractivity contribution in [2.75, 3.05) is 38.0 Å². The Labute approximate surface area is 172 Å². The predicted octanol–water partition coefficient (Wildman–Crippen LogP) is 1.16. The maximum absolute atomic E-state index is 12.9. The number of nitrogens with one attached hydrogen (secondary N) is 3. The molecule has 1 aliphatic heterocycles. The molecule has 4 rings (SSSR count). The number of rotatable bonds is 5. The normalized spacial score (nSPS) is 19.2. The number of benzene rings is 2. The molecule has 29 heavy (non-hydrogen) atoms. The Balaban J connectivity index is 1.43. The predicted molar refractivity (Wildman–Crippen MR) is 117 cm³/mol. The lowest BCUT2D eigenvalue weighted by Crippen LogP contribution is -3.26. The molecule has 0 radical (unpaired) electrons. The minimum absolute atomic E-state index is 0.0877. The van der Waals surface area contributed by atoms with Crippen molar-refractivity contribution in [3.63, 3.8) is 0 Å². The van der Waals surface area contributed by atoms with Gasteiger partial charge in [-0.25, -0.2) is 0 Å². The van der Waals surface area contributed by atoms with Crippen LogP contribution in [0.2, 0.25) is 0 Å². The summed E-state index contributed by atoms with van der Waals surface area (Å²) in [5.41, 5.74) is 5.34. The SMILES string of the molecule is CCc1nc2ccccc2c(NC(=O)C[NH+]2CC[NH+](c3ccccc3)CC2)c1C. The molecule has 150 valence electrons. The number of pyridine rings is 1. The lowest BCUT2D eigenvalue weighted by Gasteiger charge is -2.29. The van der Waals surface area contributed by atoms with E-state index in [9.17, 15) is 4.79 Å². The van der Waals surface area contributed by atoms with Gasteiger partial charge in [0.2, 0.25) is 0 Å². The molecular weight excluding hydrogens is 360 g/mol. The van der Waals surface area contributed by atoms with E-state index in [2.05, 4.69) is 49.5 Å². The molecule has 0 spiro atoms. The van der Waals surface area contributed by atoms with Gasteiger partial charge in [-0.3, -0.25) is 14.7 Å². The summed E-state index contributed by atoms with van der Waals surface area (Å²) in [6.07, 6.45) is 0.856. The molecule has 0 atom stereocenters. The number of aryl methyl sites for hydroxylation is 1. The molecule has 5 nitrogen and oxygen atoms in total. The first-order chi connectivity index (χ1) is 14.2. The van der Waals surface area contributed by atoms with Crippen LogP contribution in [0.4, 0.5) is 11.4 Å². The molecule has 1 amide bonds. The zero-order valence-electron chi connectivity index (χ0n) is 17.3. The standard InChI is InChI=1S/C24H28N4O/c1-3-21-18(2)24(20-11-7-8-12-22(20)25-21)26-23(29)17-27-13-15-28(16-14-27)19-9-5-4-6-10-19/h4-12H,3,13-17H2,1-2H3,(H,25,26,29)/p+2. The van der Waals surface area contributed by atoms with E-state index in [-0.39, 0.29) is 5.91 Å². The Kier molecular flexibility index (Phi) is 5.88. The van der Waals surface area contributed by atoms with Crippen molar-refractivity contribution in [1.29, 1.82) is 0 Å². The molecule has 0 saturated carbocycles. The molecule has 3 aromatic rings. The second kappa shape index (κ2) is 8.72. The third kappa shape index (κ3) is 4.31. The van der Waals surface area contributed by atoms with Crippen LogP contribution in [0.3, 0.4) is 0 Å². The zero-order valence-corrected chi connectivity index (χ0v) is 17.3. The van der Waals surface area contributed by atoms with Crippen LogP contribution in [0.15, 0.2) is 54.6 Å². The summed E-state index contributed by atoms with van der Waals surface area (Å²) in [6, 6.07) is 18.7. The summed E-state index contributed by atoms with van der Waals surface area (Å²) in [4.78, 5) is 20.5. The Hall–Kier alpha value is -2.76. The van der Waals surface area contributed by atoms with Gasteiger partial charge in [-0.1, -0.05) is 43.3 Å². The van der Waals surface area contributed by atoms with Crippen molar-refractivity contribution in [2.24, 2.45) is 0 Å². The van der Waals surface area contributed by atoms with Gasteiger partial charge in [0.15, 0.2) is 6.54 Å². The molecular formula is C24H30N4O+2. The second-order valence-corrected chi connectivity index (χ2v) is 7.87. The minimum Gasteiger partial charge on any atom is -0.320 e. The monoisotopic (exact) mass is 390 g/mol. The molecule has 1 aliphatic rings. The van der Waals surface area contributed by atoms with Crippen LogP contribution in [0.1, 0.15) is 18.2 Å². The van der Waals surface area contributed by atoms with Gasteiger partial charge in [0.1, 0.15) is 31.9 Å². The lowest BCUT2D eigenvalue weighted by molar-refractivity contribution is -0.981. The van der Waals surface area contributed by atoms with E-state index in [1.54, 1.807) is 0 Å². The van der Waals surface area contributed by atoms with Crippen molar-refractivity contribution in [2.45, 2.75) is 20.3 Å². The third-order valence-electron chi connectivity index (χ3n) is 5.99. The van der Waals surface area contributed by atoms with E-state index in [0.29, 0.717) is 6.54 Å². The van der Waals surface area contributed by atoms with Crippen molar-refractivity contribution >= 4 is 28.2 Å². The summed E-state index contributed by atoms with van der Waals surface area (Å²) in [7, 11) is 0. The van der Waals surface area contributed by atoms with E-state index in [4.69, 9.17) is 4.98 Å². The van der Waals surface area contributed by atoms with Crippen LogP contribution in [0, 0.1) is 6.92 Å². The Bertz CT molecular complexity index is 994. The van der Waals surface area contributed by atoms with Gasteiger partial charge in [-0.05, 0) is 37.1 Å². The van der Waals surface area contributed by atoms with Crippen LogP contribution < -0.4 is 15.1 Å². The molecule has 1 aromatic heterocycles. The van der Waals surface area contributed by atoms with E-state index in [0.717, 1.165) is 60.4 Å². The van der Waals surface area contributed by atoms with Gasteiger partial charge in [0.05, 0.1) is 11.2 Å². The van der Waals surface area contributed by atoms with E-state index >= 15 is 0 Å². The maximum Gasteiger partial charge on any atom is 0.279 e. The third-order valence-corrected chi connectivity index (χ3v) is 5.99. The number of nitrogens with zero attached hydrogens (tertiary/aromatic N) is 1. The van der Waals surface area contributed by atoms with Crippen LogP contribution in [-0.2, 0) is 11.2 Å². The van der Waals surface area contributed by atoms with E-state index in [1.807, 2.05) is 24.3 Å². The van der Waals surface area contributed by atoms with Crippen molar-refractivity contribution in [1.82, 2.24) is 4.98 Å². The molecule has 1 fully saturated rings. The molecule has 3 N–H and O–H groups in total. The number of hydrogen-bond donors (Lipinski definition) is 3. The Morgan fingerprint density at radius 1 is 1.00 bits per heavy atom. The first-order valence-corrected chi connectivity index (χ1v) is 10.6. The van der Waals surface area contributed by atoms with E-state index in [1.165, 1.54) is 15.5 Å². The number of quaternary nitrogens is 2. The minimum atomic E-state index is 0.0877.